The van der Waals surface area contributed by atoms with Crippen LogP contribution in [0, 0.1) is 0 Å². The SMILES string of the molecule is O=C(O)c1cn([C@H]2CCN(C(=O)OCc3ccccc3)C2)c2ncccc2c1=O. The van der Waals surface area contributed by atoms with Crippen molar-refractivity contribution in [2.24, 2.45) is 0 Å². The number of carboxylic acids is 1. The van der Waals surface area contributed by atoms with Gasteiger partial charge < -0.3 is 19.3 Å². The van der Waals surface area contributed by atoms with Crippen LogP contribution in [0.25, 0.3) is 11.0 Å². The molecule has 29 heavy (non-hydrogen) atoms. The van der Waals surface area contributed by atoms with E-state index in [1.165, 1.54) is 6.20 Å². The smallest absolute Gasteiger partial charge is 0.410 e. The molecule has 1 amide bonds. The molecule has 4 rings (SSSR count). The number of aromatic carboxylic acids is 1. The molecular weight excluding hydrogens is 374 g/mol. The first-order valence-corrected chi connectivity index (χ1v) is 9.23. The number of rotatable bonds is 4. The quantitative estimate of drug-likeness (QED) is 0.731. The van der Waals surface area contributed by atoms with Crippen LogP contribution in [0.5, 0.6) is 0 Å². The van der Waals surface area contributed by atoms with Crippen LogP contribution in [0.1, 0.15) is 28.4 Å². The highest BCUT2D eigenvalue weighted by Crippen LogP contribution is 2.25. The Bertz CT molecular complexity index is 1130. The first-order chi connectivity index (χ1) is 14.0. The van der Waals surface area contributed by atoms with E-state index in [1.54, 1.807) is 27.8 Å². The largest absolute Gasteiger partial charge is 0.477 e. The molecule has 1 atom stereocenters. The second-order valence-electron chi connectivity index (χ2n) is 6.89. The molecule has 0 saturated carbocycles. The number of nitrogens with zero attached hydrogens (tertiary/aromatic N) is 3. The van der Waals surface area contributed by atoms with Crippen LogP contribution in [-0.2, 0) is 11.3 Å². The zero-order valence-electron chi connectivity index (χ0n) is 15.5. The molecule has 3 aromatic rings. The van der Waals surface area contributed by atoms with Crippen LogP contribution in [0.3, 0.4) is 0 Å². The summed E-state index contributed by atoms with van der Waals surface area (Å²) in [7, 11) is 0. The van der Waals surface area contributed by atoms with Crippen molar-refractivity contribution in [3.05, 3.63) is 76.2 Å². The predicted octanol–water partition coefficient (Wildman–Crippen LogP) is 2.68. The standard InChI is InChI=1S/C21H19N3O5/c25-18-16-7-4-9-22-19(16)24(12-17(18)20(26)27)15-8-10-23(11-15)21(28)29-13-14-5-2-1-3-6-14/h1-7,9,12,15H,8,10-11,13H2,(H,26,27)/t15-/m0/s1. The highest BCUT2D eigenvalue weighted by atomic mass is 16.6. The van der Waals surface area contributed by atoms with E-state index in [0.717, 1.165) is 5.56 Å². The van der Waals surface area contributed by atoms with Crippen LogP contribution in [0.15, 0.2) is 59.7 Å². The molecule has 0 aliphatic carbocycles. The number of carboxylic acid groups (broad SMARTS) is 1. The Labute approximate surface area is 166 Å². The lowest BCUT2D eigenvalue weighted by Crippen LogP contribution is -2.30. The lowest BCUT2D eigenvalue weighted by molar-refractivity contribution is 0.0694. The Balaban J connectivity index is 1.55. The molecule has 148 valence electrons. The molecule has 8 heteroatoms. The van der Waals surface area contributed by atoms with Crippen LogP contribution < -0.4 is 5.43 Å². The second-order valence-corrected chi connectivity index (χ2v) is 6.89. The van der Waals surface area contributed by atoms with E-state index in [4.69, 9.17) is 4.74 Å². The van der Waals surface area contributed by atoms with Gasteiger partial charge in [-0.05, 0) is 24.1 Å². The van der Waals surface area contributed by atoms with Crippen molar-refractivity contribution >= 4 is 23.1 Å². The van der Waals surface area contributed by atoms with Gasteiger partial charge in [-0.2, -0.15) is 0 Å². The molecule has 1 saturated heterocycles. The van der Waals surface area contributed by atoms with Gasteiger partial charge in [0.15, 0.2) is 0 Å². The number of pyridine rings is 2. The number of aromatic nitrogens is 2. The molecule has 0 radical (unpaired) electrons. The summed E-state index contributed by atoms with van der Waals surface area (Å²) in [5, 5.41) is 9.64. The van der Waals surface area contributed by atoms with E-state index in [9.17, 15) is 19.5 Å². The lowest BCUT2D eigenvalue weighted by Gasteiger charge is -2.19. The Morgan fingerprint density at radius 2 is 1.97 bits per heavy atom. The van der Waals surface area contributed by atoms with Gasteiger partial charge in [0.25, 0.3) is 0 Å². The van der Waals surface area contributed by atoms with E-state index >= 15 is 0 Å². The number of carbonyl (C=O) groups is 2. The Hall–Kier alpha value is -3.68. The third kappa shape index (κ3) is 3.69. The molecule has 0 bridgehead atoms. The summed E-state index contributed by atoms with van der Waals surface area (Å²) in [5.41, 5.74) is 0.440. The second kappa shape index (κ2) is 7.75. The van der Waals surface area contributed by atoms with Crippen LogP contribution >= 0.6 is 0 Å². The predicted molar refractivity (Wildman–Crippen MR) is 105 cm³/mol. The van der Waals surface area contributed by atoms with Crippen molar-refractivity contribution < 1.29 is 19.4 Å². The van der Waals surface area contributed by atoms with Gasteiger partial charge in [-0.25, -0.2) is 14.6 Å². The van der Waals surface area contributed by atoms with Gasteiger partial charge in [-0.15, -0.1) is 0 Å². The number of hydrogen-bond acceptors (Lipinski definition) is 5. The summed E-state index contributed by atoms with van der Waals surface area (Å²) in [6, 6.07) is 12.4. The van der Waals surface area contributed by atoms with Crippen LogP contribution in [-0.4, -0.2) is 44.7 Å². The maximum Gasteiger partial charge on any atom is 0.410 e. The molecule has 1 aromatic carbocycles. The van der Waals surface area contributed by atoms with Crippen molar-refractivity contribution in [2.45, 2.75) is 19.1 Å². The Morgan fingerprint density at radius 3 is 2.72 bits per heavy atom. The van der Waals surface area contributed by atoms with E-state index in [1.807, 2.05) is 30.3 Å². The zero-order chi connectivity index (χ0) is 20.4. The third-order valence-corrected chi connectivity index (χ3v) is 5.04. The fourth-order valence-electron chi connectivity index (χ4n) is 3.56. The van der Waals surface area contributed by atoms with E-state index < -0.39 is 17.5 Å². The first kappa shape index (κ1) is 18.7. The van der Waals surface area contributed by atoms with Crippen molar-refractivity contribution in [2.75, 3.05) is 13.1 Å². The first-order valence-electron chi connectivity index (χ1n) is 9.23. The molecule has 3 heterocycles. The van der Waals surface area contributed by atoms with Crippen LogP contribution in [0.2, 0.25) is 0 Å². The molecule has 1 N–H and O–H groups in total. The summed E-state index contributed by atoms with van der Waals surface area (Å²) >= 11 is 0. The number of fused-ring (bicyclic) bond motifs is 1. The number of hydrogen-bond donors (Lipinski definition) is 1. The number of likely N-dealkylation sites (tertiary alicyclic amines) is 1. The molecular formula is C21H19N3O5. The molecule has 0 unspecified atom stereocenters. The lowest BCUT2D eigenvalue weighted by atomic mass is 10.1. The highest BCUT2D eigenvalue weighted by Gasteiger charge is 2.30. The minimum atomic E-state index is -1.29. The third-order valence-electron chi connectivity index (χ3n) is 5.04. The van der Waals surface area contributed by atoms with Crippen molar-refractivity contribution in [1.29, 1.82) is 0 Å². The summed E-state index contributed by atoms with van der Waals surface area (Å²) in [6.07, 6.45) is 3.06. The van der Waals surface area contributed by atoms with Crippen molar-refractivity contribution in [3.8, 4) is 0 Å². The van der Waals surface area contributed by atoms with E-state index in [-0.39, 0.29) is 23.6 Å². The molecule has 2 aromatic heterocycles. The van der Waals surface area contributed by atoms with Crippen molar-refractivity contribution in [3.63, 3.8) is 0 Å². The molecule has 8 nitrogen and oxygen atoms in total. The van der Waals surface area contributed by atoms with Crippen molar-refractivity contribution in [1.82, 2.24) is 14.5 Å². The fourth-order valence-corrected chi connectivity index (χ4v) is 3.56. The minimum absolute atomic E-state index is 0.187. The Kier molecular flexibility index (Phi) is 4.99. The normalized spacial score (nSPS) is 16.1. The number of ether oxygens (including phenoxy) is 1. The van der Waals surface area contributed by atoms with Gasteiger partial charge in [0.05, 0.1) is 11.4 Å². The van der Waals surface area contributed by atoms with Gasteiger partial charge >= 0.3 is 12.1 Å². The fraction of sp³-hybridized carbons (Fsp3) is 0.238. The average molecular weight is 393 g/mol. The van der Waals surface area contributed by atoms with E-state index in [0.29, 0.717) is 25.2 Å². The van der Waals surface area contributed by atoms with Gasteiger partial charge in [0, 0.05) is 25.5 Å². The summed E-state index contributed by atoms with van der Waals surface area (Å²) in [6.45, 7) is 1.01. The number of carbonyl (C=O) groups excluding carboxylic acids is 1. The van der Waals surface area contributed by atoms with Gasteiger partial charge in [0.2, 0.25) is 5.43 Å². The van der Waals surface area contributed by atoms with Crippen LogP contribution in [0.4, 0.5) is 4.79 Å². The van der Waals surface area contributed by atoms with Gasteiger partial charge in [-0.1, -0.05) is 30.3 Å². The van der Waals surface area contributed by atoms with Gasteiger partial charge in [0.1, 0.15) is 17.8 Å². The molecule has 0 spiro atoms. The van der Waals surface area contributed by atoms with Gasteiger partial charge in [-0.3, -0.25) is 4.79 Å². The van der Waals surface area contributed by atoms with E-state index in [2.05, 4.69) is 4.98 Å². The Morgan fingerprint density at radius 1 is 1.17 bits per heavy atom. The topological polar surface area (TPSA) is 102 Å². The molecule has 1 aliphatic rings. The minimum Gasteiger partial charge on any atom is -0.477 e. The number of benzene rings is 1. The molecule has 1 fully saturated rings. The maximum absolute atomic E-state index is 12.4. The number of amides is 1. The summed E-state index contributed by atoms with van der Waals surface area (Å²) in [5.74, 6) is -1.29. The average Bonchev–Trinajstić information content (AvgIpc) is 3.23. The zero-order valence-corrected chi connectivity index (χ0v) is 15.5. The highest BCUT2D eigenvalue weighted by molar-refractivity contribution is 5.91. The maximum atomic E-state index is 12.4. The summed E-state index contributed by atoms with van der Waals surface area (Å²) < 4.78 is 7.07. The monoisotopic (exact) mass is 393 g/mol. The molecule has 1 aliphatic heterocycles. The summed E-state index contributed by atoms with van der Waals surface area (Å²) in [4.78, 5) is 42.2.